The maximum absolute atomic E-state index is 13.0. The zero-order valence-electron chi connectivity index (χ0n) is 20.0. The number of thiophene rings is 1. The van der Waals surface area contributed by atoms with E-state index in [0.717, 1.165) is 9.96 Å². The molecule has 0 radical (unpaired) electrons. The highest BCUT2D eigenvalue weighted by atomic mass is 32.2. The van der Waals surface area contributed by atoms with E-state index in [1.165, 1.54) is 17.7 Å². The van der Waals surface area contributed by atoms with E-state index in [9.17, 15) is 31.4 Å². The average molecular weight is 565 g/mol. The third kappa shape index (κ3) is 6.92. The molecule has 0 spiro atoms. The topological polar surface area (TPSA) is 35.9 Å². The van der Waals surface area contributed by atoms with Crippen LogP contribution in [0, 0.1) is 6.92 Å². The summed E-state index contributed by atoms with van der Waals surface area (Å²) in [6.45, 7) is 4.58. The molecule has 3 aromatic rings. The lowest BCUT2D eigenvalue weighted by Crippen LogP contribution is -2.53. The molecule has 0 aliphatic carbocycles. The molecule has 4 nitrogen and oxygen atoms in total. The number of rotatable bonds is 5. The molecular formula is C25H26F6N2O2S2. The summed E-state index contributed by atoms with van der Waals surface area (Å²) in [6.07, 6.45) is -11.8. The maximum Gasteiger partial charge on any atom is 0.430 e. The lowest BCUT2D eigenvalue weighted by molar-refractivity contribution is -0.376. The van der Waals surface area contributed by atoms with Gasteiger partial charge in [-0.25, -0.2) is 4.31 Å². The van der Waals surface area contributed by atoms with Crippen LogP contribution in [0.3, 0.4) is 0 Å². The van der Waals surface area contributed by atoms with Crippen molar-refractivity contribution in [2.75, 3.05) is 38.2 Å². The largest absolute Gasteiger partial charge is 0.496 e. The van der Waals surface area contributed by atoms with Gasteiger partial charge in [0.2, 0.25) is 0 Å². The molecule has 0 amide bonds. The Kier molecular flexibility index (Phi) is 9.43. The second kappa shape index (κ2) is 12.0. The molecular weight excluding hydrogens is 538 g/mol. The Hall–Kier alpha value is -2.41. The molecule has 1 aromatic heterocycles. The smallest absolute Gasteiger partial charge is 0.430 e. The molecule has 0 atom stereocenters. The SMILES string of the molecule is COc1ccccc1C.OC(c1ccc(N2CCN(Sc3cccs3)CC2)cc1)(C(F)(F)F)C(F)(F)F. The maximum atomic E-state index is 13.0. The van der Waals surface area contributed by atoms with E-state index >= 15 is 0 Å². The summed E-state index contributed by atoms with van der Waals surface area (Å²) in [4.78, 5) is 1.88. The lowest BCUT2D eigenvalue weighted by Gasteiger charge is -2.36. The van der Waals surface area contributed by atoms with Crippen LogP contribution in [0.4, 0.5) is 32.0 Å². The van der Waals surface area contributed by atoms with E-state index in [1.54, 1.807) is 30.4 Å². The number of para-hydroxylation sites is 1. The average Bonchev–Trinajstić information content (AvgIpc) is 3.36. The van der Waals surface area contributed by atoms with Gasteiger partial charge in [-0.15, -0.1) is 11.3 Å². The highest BCUT2D eigenvalue weighted by Crippen LogP contribution is 2.50. The Morgan fingerprint density at radius 2 is 1.43 bits per heavy atom. The number of alkyl halides is 6. The Morgan fingerprint density at radius 3 is 1.89 bits per heavy atom. The zero-order valence-corrected chi connectivity index (χ0v) is 21.6. The van der Waals surface area contributed by atoms with Crippen LogP contribution in [-0.2, 0) is 5.60 Å². The monoisotopic (exact) mass is 564 g/mol. The third-order valence-corrected chi connectivity index (χ3v) is 7.85. The normalized spacial score (nSPS) is 15.2. The van der Waals surface area contributed by atoms with E-state index < -0.39 is 23.5 Å². The fourth-order valence-electron chi connectivity index (χ4n) is 3.67. The van der Waals surface area contributed by atoms with Gasteiger partial charge in [-0.1, -0.05) is 36.4 Å². The predicted octanol–water partition coefficient (Wildman–Crippen LogP) is 6.89. The van der Waals surface area contributed by atoms with Crippen molar-refractivity contribution in [3.8, 4) is 5.75 Å². The summed E-state index contributed by atoms with van der Waals surface area (Å²) >= 11 is 3.24. The minimum Gasteiger partial charge on any atom is -0.496 e. The van der Waals surface area contributed by atoms with Crippen LogP contribution in [0.1, 0.15) is 11.1 Å². The number of hydrogen-bond donors (Lipinski definition) is 1. The van der Waals surface area contributed by atoms with Crippen LogP contribution in [0.15, 0.2) is 70.3 Å². The number of nitrogens with zero attached hydrogens (tertiary/aromatic N) is 2. The van der Waals surface area contributed by atoms with Gasteiger partial charge in [0.25, 0.3) is 5.60 Å². The molecule has 0 bridgehead atoms. The summed E-state index contributed by atoms with van der Waals surface area (Å²) in [5.41, 5.74) is -4.45. The second-order valence-electron chi connectivity index (χ2n) is 8.16. The number of hydrogen-bond acceptors (Lipinski definition) is 6. The number of benzene rings is 2. The molecule has 4 rings (SSSR count). The van der Waals surface area contributed by atoms with Gasteiger partial charge >= 0.3 is 12.4 Å². The van der Waals surface area contributed by atoms with Crippen LogP contribution >= 0.6 is 23.3 Å². The van der Waals surface area contributed by atoms with Crippen LogP contribution in [0.2, 0.25) is 0 Å². The first-order chi connectivity index (χ1) is 17.4. The Bertz CT molecular complexity index is 1100. The lowest BCUT2D eigenvalue weighted by atomic mass is 9.92. The molecule has 1 N–H and O–H groups in total. The van der Waals surface area contributed by atoms with Gasteiger partial charge in [0, 0.05) is 37.4 Å². The third-order valence-electron chi connectivity index (χ3n) is 5.74. The summed E-state index contributed by atoms with van der Waals surface area (Å²) in [5, 5.41) is 11.4. The van der Waals surface area contributed by atoms with Gasteiger partial charge < -0.3 is 14.7 Å². The van der Waals surface area contributed by atoms with E-state index in [2.05, 4.69) is 4.31 Å². The second-order valence-corrected chi connectivity index (χ2v) is 10.5. The van der Waals surface area contributed by atoms with Crippen molar-refractivity contribution in [3.05, 3.63) is 77.2 Å². The molecule has 202 valence electrons. The highest BCUT2D eigenvalue weighted by Gasteiger charge is 2.71. The van der Waals surface area contributed by atoms with E-state index in [4.69, 9.17) is 4.74 Å². The fraction of sp³-hybridized carbons (Fsp3) is 0.360. The standard InChI is InChI=1S/C17H16F6N2OS2.C8H10O/c18-16(19,20)15(26,17(21,22)23)12-3-5-13(6-4-12)24-7-9-25(10-8-24)28-14-2-1-11-27-14;1-7-5-3-4-6-8(7)9-2/h1-6,11,26H,7-10H2;3-6H,1-2H3. The number of piperazine rings is 1. The van der Waals surface area contributed by atoms with E-state index in [1.807, 2.05) is 53.6 Å². The van der Waals surface area contributed by atoms with Gasteiger partial charge in [0.1, 0.15) is 5.75 Å². The Labute approximate surface area is 219 Å². The number of anilines is 1. The Morgan fingerprint density at radius 1 is 0.838 bits per heavy atom. The van der Waals surface area contributed by atoms with Crippen molar-refractivity contribution in [1.82, 2.24) is 4.31 Å². The molecule has 2 heterocycles. The predicted molar refractivity (Wildman–Crippen MR) is 134 cm³/mol. The van der Waals surface area contributed by atoms with Crippen LogP contribution in [-0.4, -0.2) is 55.1 Å². The minimum atomic E-state index is -5.88. The Balaban J connectivity index is 0.000000356. The highest BCUT2D eigenvalue weighted by molar-refractivity contribution is 7.98. The van der Waals surface area contributed by atoms with Gasteiger partial charge in [0.05, 0.1) is 11.3 Å². The summed E-state index contributed by atoms with van der Waals surface area (Å²) < 4.78 is 86.1. The molecule has 2 aromatic carbocycles. The molecule has 12 heteroatoms. The fourth-order valence-corrected chi connectivity index (χ4v) is 5.51. The van der Waals surface area contributed by atoms with Gasteiger partial charge in [0.15, 0.2) is 0 Å². The van der Waals surface area contributed by atoms with Gasteiger partial charge in [-0.05, 0) is 54.1 Å². The van der Waals surface area contributed by atoms with Crippen molar-refractivity contribution in [1.29, 1.82) is 0 Å². The van der Waals surface area contributed by atoms with Gasteiger partial charge in [-0.3, -0.25) is 0 Å². The van der Waals surface area contributed by atoms with Crippen molar-refractivity contribution < 1.29 is 36.2 Å². The molecule has 1 aliphatic heterocycles. The van der Waals surface area contributed by atoms with Crippen molar-refractivity contribution >= 4 is 29.0 Å². The van der Waals surface area contributed by atoms with Crippen molar-refractivity contribution in [3.63, 3.8) is 0 Å². The van der Waals surface area contributed by atoms with Crippen molar-refractivity contribution in [2.24, 2.45) is 0 Å². The number of aryl methyl sites for hydroxylation is 1. The first-order valence-corrected chi connectivity index (χ1v) is 12.8. The number of methoxy groups -OCH3 is 1. The van der Waals surface area contributed by atoms with E-state index in [-0.39, 0.29) is 0 Å². The summed E-state index contributed by atoms with van der Waals surface area (Å²) in [6, 6.07) is 15.6. The van der Waals surface area contributed by atoms with Crippen LogP contribution in [0.5, 0.6) is 5.75 Å². The molecule has 1 saturated heterocycles. The zero-order chi connectivity index (χ0) is 27.3. The summed E-state index contributed by atoms with van der Waals surface area (Å²) in [5.74, 6) is 0.956. The molecule has 37 heavy (non-hydrogen) atoms. The van der Waals surface area contributed by atoms with Crippen LogP contribution in [0.25, 0.3) is 0 Å². The summed E-state index contributed by atoms with van der Waals surface area (Å²) in [7, 11) is 1.68. The number of halogens is 6. The van der Waals surface area contributed by atoms with E-state index in [0.29, 0.717) is 44.0 Å². The van der Waals surface area contributed by atoms with Crippen LogP contribution < -0.4 is 9.64 Å². The molecule has 0 saturated carbocycles. The van der Waals surface area contributed by atoms with Crippen molar-refractivity contribution in [2.45, 2.75) is 29.1 Å². The first-order valence-electron chi connectivity index (χ1n) is 11.1. The molecule has 0 unspecified atom stereocenters. The van der Waals surface area contributed by atoms with Gasteiger partial charge in [-0.2, -0.15) is 26.3 Å². The first kappa shape index (κ1) is 29.2. The minimum absolute atomic E-state index is 0.510. The molecule has 1 aliphatic rings. The molecule has 1 fully saturated rings. The number of ether oxygens (including phenoxy) is 1. The quantitative estimate of drug-likeness (QED) is 0.270. The number of aliphatic hydroxyl groups is 1.